The van der Waals surface area contributed by atoms with E-state index < -0.39 is 5.82 Å². The Morgan fingerprint density at radius 2 is 2.14 bits per heavy atom. The SMILES string of the molecule is COc1cc(OCc2ccnc(N)c2F)cc2sc(N)nc12. The van der Waals surface area contributed by atoms with Crippen LogP contribution in [0.2, 0.25) is 0 Å². The van der Waals surface area contributed by atoms with Gasteiger partial charge in [-0.3, -0.25) is 0 Å². The van der Waals surface area contributed by atoms with Gasteiger partial charge in [-0.15, -0.1) is 0 Å². The third-order valence-electron chi connectivity index (χ3n) is 3.06. The number of nitrogens with two attached hydrogens (primary N) is 2. The zero-order chi connectivity index (χ0) is 15.7. The predicted octanol–water partition coefficient (Wildman–Crippen LogP) is 2.58. The normalized spacial score (nSPS) is 10.8. The van der Waals surface area contributed by atoms with Crippen molar-refractivity contribution in [2.24, 2.45) is 0 Å². The standard InChI is InChI=1S/C14H13FN4O2S/c1-20-9-4-8(5-10-12(9)19-14(17)22-10)21-6-7-2-3-18-13(16)11(7)15/h2-5H,6H2,1H3,(H2,16,18)(H2,17,19). The average Bonchev–Trinajstić information content (AvgIpc) is 2.88. The van der Waals surface area contributed by atoms with Gasteiger partial charge in [0.1, 0.15) is 23.6 Å². The molecule has 3 rings (SSSR count). The molecule has 0 saturated carbocycles. The van der Waals surface area contributed by atoms with Crippen molar-refractivity contribution in [1.82, 2.24) is 9.97 Å². The molecule has 0 bridgehead atoms. The second-order valence-electron chi connectivity index (χ2n) is 4.48. The molecule has 114 valence electrons. The lowest BCUT2D eigenvalue weighted by Gasteiger charge is -2.09. The van der Waals surface area contributed by atoms with Crippen LogP contribution in [0.1, 0.15) is 5.56 Å². The van der Waals surface area contributed by atoms with Gasteiger partial charge >= 0.3 is 0 Å². The number of nitrogen functional groups attached to an aromatic ring is 2. The number of hydrogen-bond donors (Lipinski definition) is 2. The van der Waals surface area contributed by atoms with E-state index in [1.54, 1.807) is 12.1 Å². The second kappa shape index (κ2) is 5.64. The number of hydrogen-bond acceptors (Lipinski definition) is 7. The van der Waals surface area contributed by atoms with Crippen LogP contribution in [0, 0.1) is 5.82 Å². The van der Waals surface area contributed by atoms with Gasteiger partial charge in [0.15, 0.2) is 16.8 Å². The third-order valence-corrected chi connectivity index (χ3v) is 3.89. The summed E-state index contributed by atoms with van der Waals surface area (Å²) >= 11 is 1.33. The zero-order valence-electron chi connectivity index (χ0n) is 11.7. The Kier molecular flexibility index (Phi) is 3.68. The average molecular weight is 320 g/mol. The van der Waals surface area contributed by atoms with Gasteiger partial charge in [0.2, 0.25) is 0 Å². The second-order valence-corrected chi connectivity index (χ2v) is 5.54. The zero-order valence-corrected chi connectivity index (χ0v) is 12.5. The molecule has 0 radical (unpaired) electrons. The summed E-state index contributed by atoms with van der Waals surface area (Å²) < 4.78 is 25.5. The highest BCUT2D eigenvalue weighted by Gasteiger charge is 2.12. The maximum atomic E-state index is 13.8. The van der Waals surface area contributed by atoms with Crippen molar-refractivity contribution < 1.29 is 13.9 Å². The lowest BCUT2D eigenvalue weighted by Crippen LogP contribution is -2.03. The topological polar surface area (TPSA) is 96.3 Å². The van der Waals surface area contributed by atoms with Gasteiger partial charge in [-0.25, -0.2) is 14.4 Å². The minimum Gasteiger partial charge on any atom is -0.494 e. The van der Waals surface area contributed by atoms with Crippen LogP contribution in [0.25, 0.3) is 10.2 Å². The molecule has 0 aliphatic carbocycles. The molecule has 0 aliphatic rings. The summed E-state index contributed by atoms with van der Waals surface area (Å²) in [6.45, 7) is 0.0293. The van der Waals surface area contributed by atoms with Crippen molar-refractivity contribution in [3.63, 3.8) is 0 Å². The van der Waals surface area contributed by atoms with Crippen LogP contribution >= 0.6 is 11.3 Å². The summed E-state index contributed by atoms with van der Waals surface area (Å²) in [5.74, 6) is 0.361. The molecule has 3 aromatic rings. The molecule has 0 spiro atoms. The summed E-state index contributed by atoms with van der Waals surface area (Å²) in [6, 6.07) is 4.99. The molecule has 2 aromatic heterocycles. The number of rotatable bonds is 4. The Morgan fingerprint density at radius 1 is 1.32 bits per heavy atom. The molecule has 8 heteroatoms. The van der Waals surface area contributed by atoms with E-state index in [2.05, 4.69) is 9.97 Å². The first-order chi connectivity index (χ1) is 10.6. The van der Waals surface area contributed by atoms with Crippen LogP contribution in [0.5, 0.6) is 11.5 Å². The monoisotopic (exact) mass is 320 g/mol. The molecule has 0 amide bonds. The van der Waals surface area contributed by atoms with Crippen LogP contribution in [0.15, 0.2) is 24.4 Å². The predicted molar refractivity (Wildman–Crippen MR) is 83.5 cm³/mol. The van der Waals surface area contributed by atoms with Crippen LogP contribution in [0.4, 0.5) is 15.3 Å². The number of pyridine rings is 1. The number of benzene rings is 1. The van der Waals surface area contributed by atoms with E-state index in [4.69, 9.17) is 20.9 Å². The molecule has 6 nitrogen and oxygen atoms in total. The number of thiazole rings is 1. The Morgan fingerprint density at radius 3 is 2.91 bits per heavy atom. The fourth-order valence-electron chi connectivity index (χ4n) is 2.01. The highest BCUT2D eigenvalue weighted by molar-refractivity contribution is 7.22. The van der Waals surface area contributed by atoms with Gasteiger partial charge in [-0.05, 0) is 12.1 Å². The van der Waals surface area contributed by atoms with Crippen LogP contribution < -0.4 is 20.9 Å². The number of anilines is 2. The maximum Gasteiger partial charge on any atom is 0.181 e. The van der Waals surface area contributed by atoms with Gasteiger partial charge in [0, 0.05) is 17.8 Å². The molecule has 0 unspecified atom stereocenters. The van der Waals surface area contributed by atoms with E-state index in [-0.39, 0.29) is 12.4 Å². The first kappa shape index (κ1) is 14.3. The Bertz CT molecular complexity index is 837. The van der Waals surface area contributed by atoms with Crippen molar-refractivity contribution in [2.75, 3.05) is 18.6 Å². The summed E-state index contributed by atoms with van der Waals surface area (Å²) in [6.07, 6.45) is 1.44. The number of fused-ring (bicyclic) bond motifs is 1. The Labute approximate surface area is 129 Å². The smallest absolute Gasteiger partial charge is 0.181 e. The molecule has 0 atom stereocenters. The third kappa shape index (κ3) is 2.60. The molecule has 0 aliphatic heterocycles. The van der Waals surface area contributed by atoms with Crippen LogP contribution in [-0.4, -0.2) is 17.1 Å². The van der Waals surface area contributed by atoms with Gasteiger partial charge in [-0.2, -0.15) is 0 Å². The fraction of sp³-hybridized carbons (Fsp3) is 0.143. The largest absolute Gasteiger partial charge is 0.494 e. The quantitative estimate of drug-likeness (QED) is 0.767. The van der Waals surface area contributed by atoms with Crippen LogP contribution in [-0.2, 0) is 6.61 Å². The minimum atomic E-state index is -0.572. The van der Waals surface area contributed by atoms with Crippen LogP contribution in [0.3, 0.4) is 0 Å². The molecule has 0 fully saturated rings. The van der Waals surface area contributed by atoms with Gasteiger partial charge in [-0.1, -0.05) is 11.3 Å². The minimum absolute atomic E-state index is 0.0293. The number of nitrogens with zero attached hydrogens (tertiary/aromatic N) is 2. The van der Waals surface area contributed by atoms with E-state index >= 15 is 0 Å². The van der Waals surface area contributed by atoms with Crippen molar-refractivity contribution in [1.29, 1.82) is 0 Å². The van der Waals surface area contributed by atoms with Gasteiger partial charge in [0.25, 0.3) is 0 Å². The summed E-state index contributed by atoms with van der Waals surface area (Å²) in [5, 5.41) is 0.443. The number of halogens is 1. The van der Waals surface area contributed by atoms with E-state index in [0.29, 0.717) is 27.7 Å². The number of ether oxygens (including phenoxy) is 2. The van der Waals surface area contributed by atoms with Crippen molar-refractivity contribution in [3.05, 3.63) is 35.8 Å². The molecular weight excluding hydrogens is 307 g/mol. The Balaban J connectivity index is 1.89. The number of methoxy groups -OCH3 is 1. The van der Waals surface area contributed by atoms with E-state index in [1.807, 2.05) is 0 Å². The van der Waals surface area contributed by atoms with E-state index in [1.165, 1.54) is 30.7 Å². The number of aromatic nitrogens is 2. The summed E-state index contributed by atoms with van der Waals surface area (Å²) in [7, 11) is 1.54. The van der Waals surface area contributed by atoms with Gasteiger partial charge < -0.3 is 20.9 Å². The van der Waals surface area contributed by atoms with E-state index in [9.17, 15) is 4.39 Å². The first-order valence-electron chi connectivity index (χ1n) is 6.34. The van der Waals surface area contributed by atoms with Crippen molar-refractivity contribution in [2.45, 2.75) is 6.61 Å². The molecule has 4 N–H and O–H groups in total. The highest BCUT2D eigenvalue weighted by atomic mass is 32.1. The molecule has 1 aromatic carbocycles. The van der Waals surface area contributed by atoms with E-state index in [0.717, 1.165) is 4.70 Å². The Hall–Kier alpha value is -2.61. The summed E-state index contributed by atoms with van der Waals surface area (Å²) in [5.41, 5.74) is 12.1. The lowest BCUT2D eigenvalue weighted by molar-refractivity contribution is 0.298. The lowest BCUT2D eigenvalue weighted by atomic mass is 10.2. The highest BCUT2D eigenvalue weighted by Crippen LogP contribution is 2.35. The summed E-state index contributed by atoms with van der Waals surface area (Å²) in [4.78, 5) is 7.87. The molecular formula is C14H13FN4O2S. The molecule has 2 heterocycles. The van der Waals surface area contributed by atoms with Crippen molar-refractivity contribution >= 4 is 32.5 Å². The van der Waals surface area contributed by atoms with Crippen molar-refractivity contribution in [3.8, 4) is 11.5 Å². The molecule has 22 heavy (non-hydrogen) atoms. The maximum absolute atomic E-state index is 13.8. The first-order valence-corrected chi connectivity index (χ1v) is 7.16. The fourth-order valence-corrected chi connectivity index (χ4v) is 2.79. The van der Waals surface area contributed by atoms with Gasteiger partial charge in [0.05, 0.1) is 11.8 Å². The molecule has 0 saturated heterocycles.